The van der Waals surface area contributed by atoms with Gasteiger partial charge in [-0.25, -0.2) is 8.78 Å². The van der Waals surface area contributed by atoms with Gasteiger partial charge in [0.05, 0.1) is 5.56 Å². The average Bonchev–Trinajstić information content (AvgIpc) is 2.51. The third-order valence-corrected chi connectivity index (χ3v) is 3.76. The van der Waals surface area contributed by atoms with Gasteiger partial charge in [-0.05, 0) is 56.9 Å². The highest BCUT2D eigenvalue weighted by Crippen LogP contribution is 2.40. The molecule has 0 N–H and O–H groups in total. The van der Waals surface area contributed by atoms with Gasteiger partial charge in [0.2, 0.25) is 0 Å². The number of alkyl halides is 3. The molecule has 1 saturated heterocycles. The van der Waals surface area contributed by atoms with Crippen LogP contribution >= 0.6 is 0 Å². The smallest absolute Gasteiger partial charge is 0.306 e. The number of likely N-dealkylation sites (tertiary alicyclic amines) is 1. The van der Waals surface area contributed by atoms with E-state index >= 15 is 0 Å². The Hall–Kier alpha value is -1.17. The predicted octanol–water partition coefficient (Wildman–Crippen LogP) is 4.18. The van der Waals surface area contributed by atoms with E-state index in [1.807, 2.05) is 11.9 Å². The topological polar surface area (TPSA) is 3.24 Å². The Labute approximate surface area is 114 Å². The van der Waals surface area contributed by atoms with Crippen molar-refractivity contribution in [3.63, 3.8) is 0 Å². The Morgan fingerprint density at radius 1 is 1.10 bits per heavy atom. The van der Waals surface area contributed by atoms with Crippen LogP contribution in [0, 0.1) is 11.6 Å². The number of hydrogen-bond acceptors (Lipinski definition) is 1. The fraction of sp³-hybridized carbons (Fsp3) is 0.571. The zero-order valence-corrected chi connectivity index (χ0v) is 11.1. The first-order chi connectivity index (χ1) is 9.29. The van der Waals surface area contributed by atoms with Crippen molar-refractivity contribution < 1.29 is 22.0 Å². The average molecular weight is 293 g/mol. The minimum absolute atomic E-state index is 0.245. The summed E-state index contributed by atoms with van der Waals surface area (Å²) in [5, 5.41) is 0. The molecule has 20 heavy (non-hydrogen) atoms. The van der Waals surface area contributed by atoms with Gasteiger partial charge < -0.3 is 4.90 Å². The van der Waals surface area contributed by atoms with Crippen LogP contribution in [0.1, 0.15) is 36.3 Å². The van der Waals surface area contributed by atoms with Crippen molar-refractivity contribution in [2.45, 2.75) is 31.4 Å². The van der Waals surface area contributed by atoms with E-state index in [1.54, 1.807) is 0 Å². The fourth-order valence-electron chi connectivity index (χ4n) is 2.77. The van der Waals surface area contributed by atoms with Gasteiger partial charge in [-0.3, -0.25) is 0 Å². The third kappa shape index (κ3) is 3.29. The van der Waals surface area contributed by atoms with Crippen LogP contribution in [0.25, 0.3) is 0 Å². The van der Waals surface area contributed by atoms with Gasteiger partial charge in [0.15, 0.2) is 0 Å². The lowest BCUT2D eigenvalue weighted by Crippen LogP contribution is -2.19. The van der Waals surface area contributed by atoms with Crippen molar-refractivity contribution in [3.8, 4) is 0 Å². The normalized spacial score (nSPS) is 21.8. The molecule has 1 aliphatic rings. The molecule has 1 atom stereocenters. The molecule has 1 aliphatic heterocycles. The molecule has 1 fully saturated rings. The predicted molar refractivity (Wildman–Crippen MR) is 65.4 cm³/mol. The Morgan fingerprint density at radius 2 is 1.80 bits per heavy atom. The maximum absolute atomic E-state index is 13.6. The minimum atomic E-state index is -4.80. The summed E-state index contributed by atoms with van der Waals surface area (Å²) in [6.45, 7) is 1.41. The van der Waals surface area contributed by atoms with Crippen LogP contribution in [0.4, 0.5) is 22.0 Å². The summed E-state index contributed by atoms with van der Waals surface area (Å²) < 4.78 is 65.9. The van der Waals surface area contributed by atoms with Gasteiger partial charge in [-0.15, -0.1) is 0 Å². The first-order valence-corrected chi connectivity index (χ1v) is 6.53. The van der Waals surface area contributed by atoms with Gasteiger partial charge in [0.1, 0.15) is 11.6 Å². The van der Waals surface area contributed by atoms with Crippen LogP contribution in [0.3, 0.4) is 0 Å². The van der Waals surface area contributed by atoms with Crippen LogP contribution in [-0.4, -0.2) is 25.0 Å². The van der Waals surface area contributed by atoms with Crippen molar-refractivity contribution >= 4 is 0 Å². The molecule has 1 heterocycles. The molecule has 0 bridgehead atoms. The van der Waals surface area contributed by atoms with Crippen LogP contribution in [0.2, 0.25) is 0 Å². The molecule has 0 aromatic heterocycles. The van der Waals surface area contributed by atoms with E-state index in [4.69, 9.17) is 0 Å². The number of nitrogens with zero attached hydrogens (tertiary/aromatic N) is 1. The Bertz CT molecular complexity index is 483. The lowest BCUT2D eigenvalue weighted by Gasteiger charge is -2.21. The van der Waals surface area contributed by atoms with E-state index < -0.39 is 29.3 Å². The van der Waals surface area contributed by atoms with E-state index in [9.17, 15) is 22.0 Å². The highest BCUT2D eigenvalue weighted by atomic mass is 19.4. The summed E-state index contributed by atoms with van der Waals surface area (Å²) in [4.78, 5) is 2.02. The molecular weight excluding hydrogens is 277 g/mol. The van der Waals surface area contributed by atoms with Crippen molar-refractivity contribution in [2.75, 3.05) is 20.1 Å². The van der Waals surface area contributed by atoms with E-state index in [0.29, 0.717) is 25.5 Å². The first-order valence-electron chi connectivity index (χ1n) is 6.53. The van der Waals surface area contributed by atoms with Crippen molar-refractivity contribution in [1.29, 1.82) is 0 Å². The zero-order valence-electron chi connectivity index (χ0n) is 11.1. The van der Waals surface area contributed by atoms with Crippen LogP contribution in [0.15, 0.2) is 12.1 Å². The fourth-order valence-corrected chi connectivity index (χ4v) is 2.77. The summed E-state index contributed by atoms with van der Waals surface area (Å²) in [6, 6.07) is 1.14. The summed E-state index contributed by atoms with van der Waals surface area (Å²) in [7, 11) is 1.89. The largest absolute Gasteiger partial charge is 0.419 e. The summed E-state index contributed by atoms with van der Waals surface area (Å²) in [5.74, 6) is -2.94. The Kier molecular flexibility index (Phi) is 4.32. The third-order valence-electron chi connectivity index (χ3n) is 3.76. The molecule has 2 rings (SSSR count). The quantitative estimate of drug-likeness (QED) is 0.702. The highest BCUT2D eigenvalue weighted by molar-refractivity contribution is 5.35. The van der Waals surface area contributed by atoms with Crippen molar-refractivity contribution in [1.82, 2.24) is 4.90 Å². The van der Waals surface area contributed by atoms with Crippen LogP contribution in [-0.2, 0) is 6.18 Å². The second-order valence-corrected chi connectivity index (χ2v) is 5.28. The zero-order chi connectivity index (χ0) is 14.9. The van der Waals surface area contributed by atoms with Crippen LogP contribution < -0.4 is 0 Å². The SMILES string of the molecule is CN1CCCC(c2cc(F)cc(F)c2C(F)(F)F)CC1. The van der Waals surface area contributed by atoms with Gasteiger partial charge in [-0.2, -0.15) is 13.2 Å². The highest BCUT2D eigenvalue weighted by Gasteiger charge is 2.39. The molecule has 1 nitrogen and oxygen atoms in total. The second-order valence-electron chi connectivity index (χ2n) is 5.28. The summed E-state index contributed by atoms with van der Waals surface area (Å²) in [5.41, 5.74) is -1.56. The maximum Gasteiger partial charge on any atom is 0.419 e. The minimum Gasteiger partial charge on any atom is -0.306 e. The molecule has 0 spiro atoms. The lowest BCUT2D eigenvalue weighted by atomic mass is 9.88. The molecular formula is C14H16F5N. The summed E-state index contributed by atoms with van der Waals surface area (Å²) >= 11 is 0. The second kappa shape index (κ2) is 5.68. The molecule has 1 unspecified atom stereocenters. The number of hydrogen-bond donors (Lipinski definition) is 0. The van der Waals surface area contributed by atoms with Crippen LogP contribution in [0.5, 0.6) is 0 Å². The van der Waals surface area contributed by atoms with Gasteiger partial charge >= 0.3 is 6.18 Å². The van der Waals surface area contributed by atoms with E-state index in [2.05, 4.69) is 0 Å². The standard InChI is InChI=1S/C14H16F5N/c1-20-5-2-3-9(4-6-20)11-7-10(15)8-12(16)13(11)14(17,18)19/h7-9H,2-6H2,1H3. The lowest BCUT2D eigenvalue weighted by molar-refractivity contribution is -0.140. The Morgan fingerprint density at radius 3 is 2.45 bits per heavy atom. The van der Waals surface area contributed by atoms with Crippen molar-refractivity contribution in [2.24, 2.45) is 0 Å². The number of halogens is 5. The van der Waals surface area contributed by atoms with Gasteiger partial charge in [-0.1, -0.05) is 0 Å². The number of rotatable bonds is 1. The molecule has 1 aromatic carbocycles. The van der Waals surface area contributed by atoms with Crippen molar-refractivity contribution in [3.05, 3.63) is 34.9 Å². The van der Waals surface area contributed by atoms with E-state index in [1.165, 1.54) is 0 Å². The maximum atomic E-state index is 13.6. The van der Waals surface area contributed by atoms with E-state index in [0.717, 1.165) is 19.0 Å². The molecule has 0 amide bonds. The molecule has 1 aromatic rings. The molecule has 112 valence electrons. The molecule has 0 radical (unpaired) electrons. The Balaban J connectivity index is 2.44. The summed E-state index contributed by atoms with van der Waals surface area (Å²) in [6.07, 6.45) is -3.10. The molecule has 0 aliphatic carbocycles. The first kappa shape index (κ1) is 15.2. The number of benzene rings is 1. The molecule has 0 saturated carbocycles. The molecule has 6 heteroatoms. The van der Waals surface area contributed by atoms with Gasteiger partial charge in [0, 0.05) is 6.07 Å². The monoisotopic (exact) mass is 293 g/mol. The van der Waals surface area contributed by atoms with Gasteiger partial charge in [0.25, 0.3) is 0 Å². The van der Waals surface area contributed by atoms with E-state index in [-0.39, 0.29) is 5.56 Å².